The second-order valence-electron chi connectivity index (χ2n) is 8.78. The van der Waals surface area contributed by atoms with Crippen LogP contribution in [0.2, 0.25) is 65.0 Å². The molecule has 0 aromatic heterocycles. The lowest BCUT2D eigenvalue weighted by Gasteiger charge is -2.42. The number of primary amides is 1. The number of hydrogen-bond donors (Lipinski definition) is 1. The van der Waals surface area contributed by atoms with Crippen molar-refractivity contribution < 1.29 is 17.1 Å². The van der Waals surface area contributed by atoms with E-state index in [0.29, 0.717) is 11.6 Å². The normalized spacial score (nSPS) is 15.0. The molecule has 0 aliphatic heterocycles. The third-order valence-electron chi connectivity index (χ3n) is 2.43. The van der Waals surface area contributed by atoms with E-state index in [0.717, 1.165) is 0 Å². The minimum absolute atomic E-state index is 0.415. The fraction of sp³-hybridized carbons (Fsp3) is 0.786. The summed E-state index contributed by atoms with van der Waals surface area (Å²) in [5.74, 6) is -0.415. The predicted octanol–water partition coefficient (Wildman–Crippen LogP) is 3.91. The van der Waals surface area contributed by atoms with Crippen LogP contribution in [0.25, 0.3) is 0 Å². The van der Waals surface area contributed by atoms with Gasteiger partial charge in [-0.3, -0.25) is 4.79 Å². The van der Waals surface area contributed by atoms with Gasteiger partial charge in [-0.1, -0.05) is 6.08 Å². The van der Waals surface area contributed by atoms with Gasteiger partial charge in [0.1, 0.15) is 0 Å². The molecule has 0 unspecified atom stereocenters. The maximum atomic E-state index is 11.3. The molecule has 0 aromatic carbocycles. The van der Waals surface area contributed by atoms with Crippen LogP contribution >= 0.6 is 0 Å². The van der Waals surface area contributed by atoms with E-state index in [9.17, 15) is 4.79 Å². The van der Waals surface area contributed by atoms with Gasteiger partial charge in [-0.2, -0.15) is 0 Å². The first-order valence-corrected chi connectivity index (χ1v) is 20.2. The van der Waals surface area contributed by atoms with Crippen molar-refractivity contribution in [2.75, 3.05) is 0 Å². The van der Waals surface area contributed by atoms with Gasteiger partial charge >= 0.3 is 8.80 Å². The van der Waals surface area contributed by atoms with Crippen molar-refractivity contribution in [3.05, 3.63) is 11.6 Å². The zero-order valence-corrected chi connectivity index (χ0v) is 20.5. The van der Waals surface area contributed by atoms with E-state index in [2.05, 4.69) is 58.9 Å². The lowest BCUT2D eigenvalue weighted by molar-refractivity contribution is -0.114. The highest BCUT2D eigenvalue weighted by Crippen LogP contribution is 2.29. The Hall–Kier alpha value is -0.0425. The molecule has 0 radical (unpaired) electrons. The SMILES string of the molecule is CC(=CC[Si](O[Si](C)(C)C)(O[Si](C)(C)C)O[Si](C)(C)C)C(N)=O. The number of carbonyl (C=O) groups excluding carboxylic acids is 1. The second kappa shape index (κ2) is 7.89. The number of rotatable bonds is 9. The standard InChI is InChI=1S/C14H35NO4Si4/c1-13(14(15)16)11-12-23(17-20(2,3)4,18-21(5,6)7)19-22(8,9)10/h11H,12H2,1-10H3,(H2,15,16). The summed E-state index contributed by atoms with van der Waals surface area (Å²) in [6.45, 7) is 21.0. The van der Waals surface area contributed by atoms with Crippen LogP contribution in [0.1, 0.15) is 6.92 Å². The fourth-order valence-electron chi connectivity index (χ4n) is 1.97. The van der Waals surface area contributed by atoms with Crippen molar-refractivity contribution in [3.8, 4) is 0 Å². The van der Waals surface area contributed by atoms with Crippen LogP contribution in [0.3, 0.4) is 0 Å². The summed E-state index contributed by atoms with van der Waals surface area (Å²) in [4.78, 5) is 11.3. The number of carbonyl (C=O) groups is 1. The van der Waals surface area contributed by atoms with Crippen LogP contribution in [0.5, 0.6) is 0 Å². The number of nitrogens with two attached hydrogens (primary N) is 1. The minimum atomic E-state index is -2.91. The molecule has 136 valence electrons. The van der Waals surface area contributed by atoms with Crippen molar-refractivity contribution in [3.63, 3.8) is 0 Å². The molecule has 0 aliphatic rings. The van der Waals surface area contributed by atoms with Crippen molar-refractivity contribution in [1.29, 1.82) is 0 Å². The smallest absolute Gasteiger partial charge is 0.417 e. The fourth-order valence-corrected chi connectivity index (χ4v) is 16.3. The lowest BCUT2D eigenvalue weighted by atomic mass is 10.3. The zero-order valence-electron chi connectivity index (χ0n) is 16.5. The summed E-state index contributed by atoms with van der Waals surface area (Å²) in [5, 5.41) is 0. The largest absolute Gasteiger partial charge is 0.473 e. The third kappa shape index (κ3) is 11.2. The van der Waals surface area contributed by atoms with E-state index in [1.807, 2.05) is 6.08 Å². The lowest BCUT2D eigenvalue weighted by Crippen LogP contribution is -2.60. The molecule has 0 atom stereocenters. The number of hydrogen-bond acceptors (Lipinski definition) is 4. The average Bonchev–Trinajstić information content (AvgIpc) is 2.17. The Morgan fingerprint density at radius 2 is 1.13 bits per heavy atom. The highest BCUT2D eigenvalue weighted by atomic mass is 28.5. The minimum Gasteiger partial charge on any atom is -0.417 e. The highest BCUT2D eigenvalue weighted by Gasteiger charge is 2.49. The molecule has 2 N–H and O–H groups in total. The number of allylic oxidation sites excluding steroid dienone is 1. The Morgan fingerprint density at radius 3 is 1.35 bits per heavy atom. The van der Waals surface area contributed by atoms with Gasteiger partial charge in [-0.05, 0) is 65.8 Å². The maximum Gasteiger partial charge on any atom is 0.473 e. The van der Waals surface area contributed by atoms with Crippen molar-refractivity contribution in [2.45, 2.75) is 71.9 Å². The predicted molar refractivity (Wildman–Crippen MR) is 107 cm³/mol. The van der Waals surface area contributed by atoms with Crippen LogP contribution in [0.4, 0.5) is 0 Å². The van der Waals surface area contributed by atoms with Crippen LogP contribution in [0, 0.1) is 0 Å². The third-order valence-corrected chi connectivity index (χ3v) is 14.2. The summed E-state index contributed by atoms with van der Waals surface area (Å²) in [6, 6.07) is 0.501. The van der Waals surface area contributed by atoms with E-state index < -0.39 is 39.7 Å². The summed E-state index contributed by atoms with van der Waals surface area (Å²) in [6.07, 6.45) is 1.83. The van der Waals surface area contributed by atoms with E-state index in [1.54, 1.807) is 6.92 Å². The monoisotopic (exact) mass is 393 g/mol. The Bertz CT molecular complexity index is 406. The van der Waals surface area contributed by atoms with Gasteiger partial charge < -0.3 is 18.1 Å². The van der Waals surface area contributed by atoms with E-state index in [4.69, 9.17) is 18.1 Å². The van der Waals surface area contributed by atoms with Gasteiger partial charge in [-0.15, -0.1) is 0 Å². The molecule has 0 rings (SSSR count). The summed E-state index contributed by atoms with van der Waals surface area (Å²) in [7, 11) is -8.55. The van der Waals surface area contributed by atoms with Crippen LogP contribution in [0.15, 0.2) is 11.6 Å². The Kier molecular flexibility index (Phi) is 7.88. The molecule has 0 aliphatic carbocycles. The second-order valence-corrected chi connectivity index (χ2v) is 25.7. The van der Waals surface area contributed by atoms with Crippen LogP contribution < -0.4 is 5.73 Å². The molecule has 0 heterocycles. The van der Waals surface area contributed by atoms with Crippen molar-refractivity contribution in [1.82, 2.24) is 0 Å². The van der Waals surface area contributed by atoms with E-state index in [-0.39, 0.29) is 0 Å². The zero-order chi connectivity index (χ0) is 18.7. The van der Waals surface area contributed by atoms with Gasteiger partial charge in [-0.25, -0.2) is 0 Å². The molecule has 0 spiro atoms. The Labute approximate surface area is 146 Å². The Balaban J connectivity index is 5.81. The van der Waals surface area contributed by atoms with Gasteiger partial charge in [0.05, 0.1) is 0 Å². The molecule has 0 saturated carbocycles. The molecule has 0 fully saturated rings. The first-order chi connectivity index (χ1) is 9.95. The van der Waals surface area contributed by atoms with E-state index in [1.165, 1.54) is 0 Å². The molecule has 5 nitrogen and oxygen atoms in total. The molecule has 0 aromatic rings. The van der Waals surface area contributed by atoms with Crippen LogP contribution in [-0.2, 0) is 17.1 Å². The van der Waals surface area contributed by atoms with Crippen LogP contribution in [-0.4, -0.2) is 39.7 Å². The molecule has 9 heteroatoms. The van der Waals surface area contributed by atoms with Gasteiger partial charge in [0.15, 0.2) is 25.0 Å². The summed E-state index contributed by atoms with van der Waals surface area (Å²) in [5.41, 5.74) is 5.89. The highest BCUT2D eigenvalue weighted by molar-refractivity contribution is 6.90. The molecular weight excluding hydrogens is 359 g/mol. The van der Waals surface area contributed by atoms with Gasteiger partial charge in [0.25, 0.3) is 0 Å². The van der Waals surface area contributed by atoms with Gasteiger partial charge in [0, 0.05) is 11.6 Å². The summed E-state index contributed by atoms with van der Waals surface area (Å²) >= 11 is 0. The van der Waals surface area contributed by atoms with Crippen molar-refractivity contribution in [2.24, 2.45) is 5.73 Å². The van der Waals surface area contributed by atoms with Crippen molar-refractivity contribution >= 4 is 39.7 Å². The van der Waals surface area contributed by atoms with Gasteiger partial charge in [0.2, 0.25) is 5.91 Å². The molecule has 1 amide bonds. The molecule has 0 bridgehead atoms. The number of amides is 1. The quantitative estimate of drug-likeness (QED) is 0.476. The molecular formula is C14H35NO4Si4. The first kappa shape index (κ1) is 23.0. The van der Waals surface area contributed by atoms with E-state index >= 15 is 0 Å². The Morgan fingerprint density at radius 1 is 0.826 bits per heavy atom. The topological polar surface area (TPSA) is 70.8 Å². The first-order valence-electron chi connectivity index (χ1n) is 8.02. The molecule has 23 heavy (non-hydrogen) atoms. The molecule has 0 saturated heterocycles. The average molecular weight is 394 g/mol. The maximum absolute atomic E-state index is 11.3. The summed E-state index contributed by atoms with van der Waals surface area (Å²) < 4.78 is 19.5.